The first kappa shape index (κ1) is 39.5. The van der Waals surface area contributed by atoms with Crippen LogP contribution in [0, 0.1) is 0 Å². The molecule has 4 aromatic rings. The number of aromatic nitrogens is 8. The number of aliphatic hydroxyl groups excluding tert-OH is 3. The SMILES string of the molecule is CCn1nnc([C@H]2O[C@@H](n3cnc4c(N[C@H](CO)Cc5ccccc5)nc(N5CC[C@@H](NC(=O)N[C@@H]6CCNC6)C5)nc43)[C@H](O)[C@@H]2O)n1.O=C(O)C(F)(F)F. The number of carbonyl (C=O) groups is 2. The Morgan fingerprint density at radius 1 is 1.09 bits per heavy atom. The van der Waals surface area contributed by atoms with Gasteiger partial charge in [0, 0.05) is 31.7 Å². The molecule has 0 spiro atoms. The van der Waals surface area contributed by atoms with Gasteiger partial charge in [0.05, 0.1) is 25.5 Å². The number of aryl methyl sites for hydroxylation is 1. The number of hydrogen-bond acceptors (Lipinski definition) is 15. The monoisotopic (exact) mass is 777 g/mol. The number of imidazole rings is 1. The number of urea groups is 1. The molecule has 0 saturated carbocycles. The maximum atomic E-state index is 12.7. The van der Waals surface area contributed by atoms with Crippen molar-refractivity contribution in [3.8, 4) is 0 Å². The van der Waals surface area contributed by atoms with Crippen LogP contribution in [-0.4, -0.2) is 141 Å². The van der Waals surface area contributed by atoms with Crippen molar-refractivity contribution in [3.05, 3.63) is 48.0 Å². The molecule has 3 aliphatic heterocycles. The van der Waals surface area contributed by atoms with Crippen molar-refractivity contribution in [2.75, 3.05) is 43.0 Å². The molecule has 1 aromatic carbocycles. The maximum Gasteiger partial charge on any atom is 0.490 e. The van der Waals surface area contributed by atoms with Gasteiger partial charge in [0.25, 0.3) is 0 Å². The number of nitrogens with one attached hydrogen (secondary N) is 4. The van der Waals surface area contributed by atoms with Crippen LogP contribution in [0.2, 0.25) is 0 Å². The minimum atomic E-state index is -5.08. The van der Waals surface area contributed by atoms with E-state index in [9.17, 15) is 33.3 Å². The standard InChI is InChI=1S/C30H41N13O5.C2HF3O2/c1-2-43-39-26(38-40-43)24-22(45)23(46)28(48-24)42-16-32-21-25(33-20(15-44)12-17-6-4-3-5-7-17)36-29(37-27(21)42)41-11-9-19(14-41)35-30(47)34-18-8-10-31-13-18;3-2(4,5)1(6)7/h3-7,16,18-20,22-24,28,31,44-46H,2,8-15H2,1H3,(H,33,36,37)(H2,34,35,47);(H,6,7)/t18-,19-,20+,22+,23-,24+,28-;/m1./s1. The number of halogens is 3. The summed E-state index contributed by atoms with van der Waals surface area (Å²) in [6.07, 6.45) is -6.26. The fraction of sp³-hybridized carbons (Fsp3) is 0.562. The Morgan fingerprint density at radius 2 is 1.84 bits per heavy atom. The number of carbonyl (C=O) groups excluding carboxylic acids is 1. The van der Waals surface area contributed by atoms with Crippen LogP contribution in [0.3, 0.4) is 0 Å². The van der Waals surface area contributed by atoms with Crippen LogP contribution in [0.15, 0.2) is 36.7 Å². The highest BCUT2D eigenvalue weighted by molar-refractivity contribution is 5.85. The molecule has 20 nitrogen and oxygen atoms in total. The third-order valence-corrected chi connectivity index (χ3v) is 9.26. The molecule has 55 heavy (non-hydrogen) atoms. The van der Waals surface area contributed by atoms with Gasteiger partial charge in [0.15, 0.2) is 29.3 Å². The molecule has 0 aliphatic carbocycles. The number of benzene rings is 1. The fourth-order valence-electron chi connectivity index (χ4n) is 6.44. The van der Waals surface area contributed by atoms with Crippen molar-refractivity contribution in [3.63, 3.8) is 0 Å². The smallest absolute Gasteiger partial charge is 0.475 e. The van der Waals surface area contributed by atoms with Crippen molar-refractivity contribution in [2.24, 2.45) is 0 Å². The van der Waals surface area contributed by atoms with Crippen LogP contribution >= 0.6 is 0 Å². The molecule has 3 fully saturated rings. The van der Waals surface area contributed by atoms with Gasteiger partial charge in [-0.15, -0.1) is 10.2 Å². The van der Waals surface area contributed by atoms with Crippen LogP contribution in [0.1, 0.15) is 43.5 Å². The maximum absolute atomic E-state index is 12.7. The molecule has 3 aromatic heterocycles. The Bertz CT molecular complexity index is 1910. The molecular formula is C32H42F3N13O7. The largest absolute Gasteiger partial charge is 0.490 e. The lowest BCUT2D eigenvalue weighted by Gasteiger charge is -2.22. The zero-order chi connectivity index (χ0) is 39.3. The molecule has 8 N–H and O–H groups in total. The Kier molecular flexibility index (Phi) is 12.2. The second-order valence-electron chi connectivity index (χ2n) is 13.2. The van der Waals surface area contributed by atoms with E-state index in [1.54, 1.807) is 4.57 Å². The van der Waals surface area contributed by atoms with E-state index in [1.807, 2.05) is 42.2 Å². The van der Waals surface area contributed by atoms with Crippen molar-refractivity contribution in [2.45, 2.75) is 81.6 Å². The summed E-state index contributed by atoms with van der Waals surface area (Å²) in [5.41, 5.74) is 1.78. The predicted molar refractivity (Wildman–Crippen MR) is 186 cm³/mol. The van der Waals surface area contributed by atoms with Gasteiger partial charge in [-0.1, -0.05) is 30.3 Å². The summed E-state index contributed by atoms with van der Waals surface area (Å²) in [6, 6.07) is 9.21. The molecule has 0 radical (unpaired) electrons. The minimum Gasteiger partial charge on any atom is -0.475 e. The average Bonchev–Trinajstić information content (AvgIpc) is 4.01. The third-order valence-electron chi connectivity index (χ3n) is 9.26. The van der Waals surface area contributed by atoms with Gasteiger partial charge in [-0.3, -0.25) is 4.57 Å². The molecule has 6 heterocycles. The van der Waals surface area contributed by atoms with Crippen LogP contribution in [0.25, 0.3) is 11.2 Å². The molecule has 2 amide bonds. The first-order valence-electron chi connectivity index (χ1n) is 17.6. The molecule has 7 atom stereocenters. The molecule has 298 valence electrons. The van der Waals surface area contributed by atoms with E-state index in [4.69, 9.17) is 24.6 Å². The highest BCUT2D eigenvalue weighted by Gasteiger charge is 2.47. The summed E-state index contributed by atoms with van der Waals surface area (Å²) in [7, 11) is 0. The zero-order valence-corrected chi connectivity index (χ0v) is 29.5. The lowest BCUT2D eigenvalue weighted by molar-refractivity contribution is -0.192. The van der Waals surface area contributed by atoms with Crippen LogP contribution in [0.5, 0.6) is 0 Å². The van der Waals surface area contributed by atoms with Gasteiger partial charge in [-0.2, -0.15) is 27.9 Å². The average molecular weight is 778 g/mol. The predicted octanol–water partition coefficient (Wildman–Crippen LogP) is -0.287. The summed E-state index contributed by atoms with van der Waals surface area (Å²) in [5, 5.41) is 64.5. The van der Waals surface area contributed by atoms with Gasteiger partial charge >= 0.3 is 18.2 Å². The van der Waals surface area contributed by atoms with E-state index in [0.717, 1.165) is 25.1 Å². The Morgan fingerprint density at radius 3 is 2.49 bits per heavy atom. The number of tetrazole rings is 1. The minimum absolute atomic E-state index is 0.109. The number of alkyl halides is 3. The number of aliphatic carboxylic acids is 1. The number of amides is 2. The van der Waals surface area contributed by atoms with E-state index in [-0.39, 0.29) is 30.5 Å². The number of ether oxygens (including phenoxy) is 1. The zero-order valence-electron chi connectivity index (χ0n) is 29.5. The van der Waals surface area contributed by atoms with Crippen molar-refractivity contribution in [1.29, 1.82) is 0 Å². The summed E-state index contributed by atoms with van der Waals surface area (Å²) in [5.74, 6) is -1.83. The molecule has 0 unspecified atom stereocenters. The molecule has 0 bridgehead atoms. The topological polar surface area (TPSA) is 263 Å². The molecule has 23 heteroatoms. The van der Waals surface area contributed by atoms with E-state index >= 15 is 0 Å². The molecule has 3 aliphatic rings. The van der Waals surface area contributed by atoms with Gasteiger partial charge in [-0.25, -0.2) is 14.6 Å². The summed E-state index contributed by atoms with van der Waals surface area (Å²) < 4.78 is 39.4. The van der Waals surface area contributed by atoms with Crippen molar-refractivity contribution < 1.29 is 47.9 Å². The van der Waals surface area contributed by atoms with Gasteiger partial charge in [0.1, 0.15) is 12.2 Å². The van der Waals surface area contributed by atoms with Crippen molar-refractivity contribution >= 4 is 34.9 Å². The van der Waals surface area contributed by atoms with Gasteiger partial charge in [-0.05, 0) is 43.5 Å². The normalized spacial score (nSPS) is 24.4. The second kappa shape index (κ2) is 17.1. The van der Waals surface area contributed by atoms with Crippen LogP contribution in [-0.2, 0) is 22.5 Å². The number of hydrogen-bond donors (Lipinski definition) is 8. The van der Waals surface area contributed by atoms with E-state index in [1.165, 1.54) is 11.1 Å². The fourth-order valence-corrected chi connectivity index (χ4v) is 6.44. The van der Waals surface area contributed by atoms with Gasteiger partial charge in [0.2, 0.25) is 11.8 Å². The highest BCUT2D eigenvalue weighted by Crippen LogP contribution is 2.39. The number of aliphatic hydroxyl groups is 3. The Balaban J connectivity index is 0.000000672. The Labute approximate surface area is 311 Å². The summed E-state index contributed by atoms with van der Waals surface area (Å²) in [4.78, 5) is 39.2. The molecule has 7 rings (SSSR count). The quantitative estimate of drug-likeness (QED) is 0.0973. The number of fused-ring (bicyclic) bond motifs is 1. The van der Waals surface area contributed by atoms with E-state index in [2.05, 4.69) is 41.7 Å². The number of carboxylic acids is 1. The van der Waals surface area contributed by atoms with Crippen LogP contribution in [0.4, 0.5) is 29.7 Å². The number of anilines is 2. The Hall–Kier alpha value is -5.23. The van der Waals surface area contributed by atoms with Gasteiger partial charge < -0.3 is 51.3 Å². The molecular weight excluding hydrogens is 735 g/mol. The first-order chi connectivity index (χ1) is 26.3. The number of rotatable bonds is 11. The lowest BCUT2D eigenvalue weighted by Crippen LogP contribution is -2.47. The van der Waals surface area contributed by atoms with Crippen molar-refractivity contribution in [1.82, 2.24) is 55.7 Å². The molecule has 3 saturated heterocycles. The summed E-state index contributed by atoms with van der Waals surface area (Å²) in [6.45, 7) is 4.89. The number of nitrogens with zero attached hydrogens (tertiary/aromatic N) is 9. The highest BCUT2D eigenvalue weighted by atomic mass is 19.4. The second-order valence-corrected chi connectivity index (χ2v) is 13.2. The number of carboxylic acid groups (broad SMARTS) is 1. The van der Waals surface area contributed by atoms with E-state index < -0.39 is 42.7 Å². The lowest BCUT2D eigenvalue weighted by atomic mass is 10.1. The third kappa shape index (κ3) is 9.36. The first-order valence-corrected chi connectivity index (χ1v) is 17.6. The van der Waals surface area contributed by atoms with Crippen LogP contribution < -0.4 is 26.2 Å². The summed E-state index contributed by atoms with van der Waals surface area (Å²) >= 11 is 0. The van der Waals surface area contributed by atoms with E-state index in [0.29, 0.717) is 55.4 Å².